The van der Waals surface area contributed by atoms with E-state index in [1.807, 2.05) is 65.3 Å². The predicted molar refractivity (Wildman–Crippen MR) is 116 cm³/mol. The lowest BCUT2D eigenvalue weighted by Gasteiger charge is -2.08. The number of carbonyl (C=O) groups excluding carboxylic acids is 1. The molecule has 4 aromatic rings. The smallest absolute Gasteiger partial charge is 0.159 e. The molecule has 0 atom stereocenters. The van der Waals surface area contributed by atoms with E-state index in [-0.39, 0.29) is 5.78 Å². The molecule has 0 bridgehead atoms. The van der Waals surface area contributed by atoms with Crippen LogP contribution in [0.1, 0.15) is 17.3 Å². The molecule has 1 heterocycles. The molecule has 1 aromatic heterocycles. The molecule has 4 heteroatoms. The van der Waals surface area contributed by atoms with E-state index in [2.05, 4.69) is 30.5 Å². The molecule has 0 N–H and O–H groups in total. The Kier molecular flexibility index (Phi) is 5.13. The Morgan fingerprint density at radius 3 is 2.00 bits per heavy atom. The number of Topliss-reactive ketones (excluding diaryl/α,β-unsaturated/α-hetero) is 1. The minimum atomic E-state index is 0.0694. The van der Waals surface area contributed by atoms with Crippen LogP contribution in [-0.4, -0.2) is 21.8 Å². The number of hydrogen-bond acceptors (Lipinski definition) is 3. The third kappa shape index (κ3) is 3.39. The zero-order valence-electron chi connectivity index (χ0n) is 15.8. The lowest BCUT2D eigenvalue weighted by atomic mass is 10.00. The standard InChI is InChI=1S/C24H20N2OS/c1-17(27)18-13-15-19(16-14-18)22-23(20-9-5-3-6-10-20)25-26(24(22)28-2)21-11-7-4-8-12-21/h3-16H,1-2H3. The lowest BCUT2D eigenvalue weighted by molar-refractivity contribution is 0.101. The van der Waals surface area contributed by atoms with Gasteiger partial charge in [0.05, 0.1) is 5.69 Å². The van der Waals surface area contributed by atoms with Crippen LogP contribution in [0.3, 0.4) is 0 Å². The first-order valence-corrected chi connectivity index (χ1v) is 10.3. The molecule has 0 aliphatic carbocycles. The Morgan fingerprint density at radius 2 is 1.43 bits per heavy atom. The summed E-state index contributed by atoms with van der Waals surface area (Å²) in [4.78, 5) is 11.7. The second-order valence-corrected chi connectivity index (χ2v) is 7.27. The quantitative estimate of drug-likeness (QED) is 0.307. The van der Waals surface area contributed by atoms with Crippen molar-refractivity contribution in [1.29, 1.82) is 0 Å². The monoisotopic (exact) mass is 384 g/mol. The van der Waals surface area contributed by atoms with Gasteiger partial charge in [-0.3, -0.25) is 4.79 Å². The second kappa shape index (κ2) is 7.87. The molecule has 28 heavy (non-hydrogen) atoms. The third-order valence-corrected chi connectivity index (χ3v) is 5.43. The van der Waals surface area contributed by atoms with Crippen molar-refractivity contribution in [3.63, 3.8) is 0 Å². The van der Waals surface area contributed by atoms with E-state index in [9.17, 15) is 4.79 Å². The summed E-state index contributed by atoms with van der Waals surface area (Å²) in [5, 5.41) is 6.05. The van der Waals surface area contributed by atoms with Crippen molar-refractivity contribution in [1.82, 2.24) is 9.78 Å². The molecule has 138 valence electrons. The van der Waals surface area contributed by atoms with Crippen LogP contribution in [0.4, 0.5) is 0 Å². The summed E-state index contributed by atoms with van der Waals surface area (Å²) in [5.74, 6) is 0.0694. The largest absolute Gasteiger partial charge is 0.295 e. The maximum Gasteiger partial charge on any atom is 0.159 e. The highest BCUT2D eigenvalue weighted by molar-refractivity contribution is 7.98. The summed E-state index contributed by atoms with van der Waals surface area (Å²) < 4.78 is 2.00. The average molecular weight is 385 g/mol. The van der Waals surface area contributed by atoms with Crippen molar-refractivity contribution >= 4 is 17.5 Å². The van der Waals surface area contributed by atoms with E-state index < -0.39 is 0 Å². The lowest BCUT2D eigenvalue weighted by Crippen LogP contribution is -1.97. The number of aromatic nitrogens is 2. The highest BCUT2D eigenvalue weighted by atomic mass is 32.2. The van der Waals surface area contributed by atoms with Crippen molar-refractivity contribution in [2.45, 2.75) is 11.9 Å². The molecule has 0 aliphatic rings. The number of hydrogen-bond donors (Lipinski definition) is 0. The molecule has 0 saturated heterocycles. The van der Waals surface area contributed by atoms with Crippen molar-refractivity contribution in [2.75, 3.05) is 6.26 Å². The summed E-state index contributed by atoms with van der Waals surface area (Å²) >= 11 is 1.67. The molecular formula is C24H20N2OS. The van der Waals surface area contributed by atoms with Gasteiger partial charge in [0.15, 0.2) is 5.78 Å². The minimum absolute atomic E-state index is 0.0694. The average Bonchev–Trinajstić information content (AvgIpc) is 3.14. The SMILES string of the molecule is CSc1c(-c2ccc(C(C)=O)cc2)c(-c2ccccc2)nn1-c1ccccc1. The van der Waals surface area contributed by atoms with Crippen LogP contribution in [0.25, 0.3) is 28.1 Å². The molecule has 0 fully saturated rings. The summed E-state index contributed by atoms with van der Waals surface area (Å²) in [6.45, 7) is 1.59. The molecular weight excluding hydrogens is 364 g/mol. The molecule has 0 amide bonds. The number of rotatable bonds is 5. The fraction of sp³-hybridized carbons (Fsp3) is 0.0833. The van der Waals surface area contributed by atoms with Gasteiger partial charge in [-0.15, -0.1) is 11.8 Å². The van der Waals surface area contributed by atoms with Gasteiger partial charge in [0, 0.05) is 16.7 Å². The van der Waals surface area contributed by atoms with E-state index in [1.54, 1.807) is 18.7 Å². The zero-order valence-corrected chi connectivity index (χ0v) is 16.6. The van der Waals surface area contributed by atoms with Gasteiger partial charge < -0.3 is 0 Å². The topological polar surface area (TPSA) is 34.9 Å². The number of ketones is 1. The first kappa shape index (κ1) is 18.3. The Hall–Kier alpha value is -3.11. The number of carbonyl (C=O) groups is 1. The zero-order chi connectivity index (χ0) is 19.5. The Bertz CT molecular complexity index is 1100. The van der Waals surface area contributed by atoms with E-state index in [0.29, 0.717) is 5.56 Å². The number of para-hydroxylation sites is 1. The first-order chi connectivity index (χ1) is 13.7. The fourth-order valence-corrected chi connectivity index (χ4v) is 4.00. The van der Waals surface area contributed by atoms with Crippen LogP contribution in [-0.2, 0) is 0 Å². The van der Waals surface area contributed by atoms with Crippen LogP contribution in [0.2, 0.25) is 0 Å². The summed E-state index contributed by atoms with van der Waals surface area (Å²) in [6.07, 6.45) is 2.07. The molecule has 3 aromatic carbocycles. The van der Waals surface area contributed by atoms with Gasteiger partial charge in [0.25, 0.3) is 0 Å². The van der Waals surface area contributed by atoms with Crippen LogP contribution >= 0.6 is 11.8 Å². The van der Waals surface area contributed by atoms with Gasteiger partial charge in [0.2, 0.25) is 0 Å². The molecule has 0 radical (unpaired) electrons. The fourth-order valence-electron chi connectivity index (χ4n) is 3.27. The Morgan fingerprint density at radius 1 is 0.821 bits per heavy atom. The van der Waals surface area contributed by atoms with E-state index >= 15 is 0 Å². The van der Waals surface area contributed by atoms with Gasteiger partial charge in [-0.05, 0) is 30.9 Å². The van der Waals surface area contributed by atoms with E-state index in [1.165, 1.54) is 0 Å². The molecule has 0 spiro atoms. The van der Waals surface area contributed by atoms with Crippen molar-refractivity contribution in [2.24, 2.45) is 0 Å². The number of benzene rings is 3. The number of nitrogens with zero attached hydrogens (tertiary/aromatic N) is 2. The van der Waals surface area contributed by atoms with Crippen molar-refractivity contribution in [3.8, 4) is 28.1 Å². The van der Waals surface area contributed by atoms with Crippen molar-refractivity contribution < 1.29 is 4.79 Å². The van der Waals surface area contributed by atoms with Gasteiger partial charge in [-0.25, -0.2) is 4.68 Å². The van der Waals surface area contributed by atoms with E-state index in [4.69, 9.17) is 5.10 Å². The van der Waals surface area contributed by atoms with Crippen LogP contribution in [0.15, 0.2) is 90.0 Å². The molecule has 0 saturated carbocycles. The maximum atomic E-state index is 11.7. The van der Waals surface area contributed by atoms with Gasteiger partial charge in [-0.2, -0.15) is 5.10 Å². The second-order valence-electron chi connectivity index (χ2n) is 6.48. The van der Waals surface area contributed by atoms with Gasteiger partial charge in [-0.1, -0.05) is 72.8 Å². The molecule has 3 nitrogen and oxygen atoms in total. The van der Waals surface area contributed by atoms with Gasteiger partial charge in [0.1, 0.15) is 10.7 Å². The Balaban J connectivity index is 1.97. The van der Waals surface area contributed by atoms with Gasteiger partial charge >= 0.3 is 0 Å². The third-order valence-electron chi connectivity index (χ3n) is 4.66. The molecule has 0 unspecified atom stereocenters. The summed E-state index contributed by atoms with van der Waals surface area (Å²) in [6, 6.07) is 28.2. The minimum Gasteiger partial charge on any atom is -0.295 e. The normalized spacial score (nSPS) is 10.8. The number of thioether (sulfide) groups is 1. The highest BCUT2D eigenvalue weighted by Gasteiger charge is 2.21. The maximum absolute atomic E-state index is 11.7. The Labute approximate surface area is 169 Å². The van der Waals surface area contributed by atoms with Crippen molar-refractivity contribution in [3.05, 3.63) is 90.5 Å². The molecule has 4 rings (SSSR count). The van der Waals surface area contributed by atoms with E-state index in [0.717, 1.165) is 33.1 Å². The molecule has 0 aliphatic heterocycles. The van der Waals surface area contributed by atoms with Crippen LogP contribution in [0, 0.1) is 0 Å². The summed E-state index contributed by atoms with van der Waals surface area (Å²) in [5.41, 5.74) is 5.87. The highest BCUT2D eigenvalue weighted by Crippen LogP contribution is 2.40. The van der Waals surface area contributed by atoms with Crippen LogP contribution < -0.4 is 0 Å². The summed E-state index contributed by atoms with van der Waals surface area (Å²) in [7, 11) is 0. The predicted octanol–water partition coefficient (Wildman–Crippen LogP) is 6.13. The first-order valence-electron chi connectivity index (χ1n) is 9.08. The van der Waals surface area contributed by atoms with Crippen LogP contribution in [0.5, 0.6) is 0 Å².